The second kappa shape index (κ2) is 6.80. The van der Waals surface area contributed by atoms with Crippen LogP contribution in [0.4, 0.5) is 5.69 Å². The Labute approximate surface area is 151 Å². The van der Waals surface area contributed by atoms with Crippen LogP contribution >= 0.6 is 0 Å². The van der Waals surface area contributed by atoms with Crippen molar-refractivity contribution in [2.45, 2.75) is 13.5 Å². The fourth-order valence-corrected chi connectivity index (χ4v) is 3.47. The number of carboxylic acid groups (broad SMARTS) is 1. The van der Waals surface area contributed by atoms with Crippen LogP contribution in [0.25, 0.3) is 10.9 Å². The third-order valence-electron chi connectivity index (χ3n) is 4.77. The largest absolute Gasteiger partial charge is 0.477 e. The van der Waals surface area contributed by atoms with Crippen LogP contribution in [0.3, 0.4) is 0 Å². The molecule has 1 aliphatic heterocycles. The van der Waals surface area contributed by atoms with E-state index in [1.54, 1.807) is 12.3 Å². The summed E-state index contributed by atoms with van der Waals surface area (Å²) in [4.78, 5) is 18.4. The van der Waals surface area contributed by atoms with Crippen LogP contribution in [0.2, 0.25) is 0 Å². The lowest BCUT2D eigenvalue weighted by atomic mass is 10.2. The highest BCUT2D eigenvalue weighted by Gasteiger charge is 2.17. The van der Waals surface area contributed by atoms with Gasteiger partial charge in [0.15, 0.2) is 0 Å². The van der Waals surface area contributed by atoms with Crippen LogP contribution in [-0.2, 0) is 11.3 Å². The highest BCUT2D eigenvalue weighted by molar-refractivity contribution is 5.94. The summed E-state index contributed by atoms with van der Waals surface area (Å²) in [5, 5.41) is 10.5. The molecule has 0 unspecified atom stereocenters. The number of ether oxygens (including phenoxy) is 1. The number of aryl methyl sites for hydroxylation is 1. The maximum Gasteiger partial charge on any atom is 0.352 e. The van der Waals surface area contributed by atoms with Crippen LogP contribution in [0.15, 0.2) is 42.6 Å². The average molecular weight is 351 g/mol. The normalized spacial score (nSPS) is 14.7. The van der Waals surface area contributed by atoms with Crippen LogP contribution in [0.1, 0.15) is 21.7 Å². The number of hydrogen-bond acceptors (Lipinski definition) is 4. The molecule has 1 aliphatic rings. The van der Waals surface area contributed by atoms with Gasteiger partial charge in [-0.2, -0.15) is 0 Å². The SMILES string of the molecule is Cc1ccc2c(c1)cc(C(=O)O)n2Cc1cc(N2CCOCC2)ccn1. The molecule has 0 spiro atoms. The first-order valence-electron chi connectivity index (χ1n) is 8.72. The summed E-state index contributed by atoms with van der Waals surface area (Å²) in [5.41, 5.74) is 4.24. The number of fused-ring (bicyclic) bond motifs is 1. The van der Waals surface area contributed by atoms with Gasteiger partial charge in [0.2, 0.25) is 0 Å². The molecule has 1 saturated heterocycles. The van der Waals surface area contributed by atoms with Gasteiger partial charge in [-0.05, 0) is 37.3 Å². The number of benzene rings is 1. The average Bonchev–Trinajstić information content (AvgIpc) is 3.00. The zero-order valence-electron chi connectivity index (χ0n) is 14.7. The molecule has 1 N–H and O–H groups in total. The predicted octanol–water partition coefficient (Wildman–Crippen LogP) is 2.93. The van der Waals surface area contributed by atoms with E-state index in [0.29, 0.717) is 6.54 Å². The summed E-state index contributed by atoms with van der Waals surface area (Å²) in [6.07, 6.45) is 1.79. The topological polar surface area (TPSA) is 67.6 Å². The Morgan fingerprint density at radius 3 is 2.77 bits per heavy atom. The van der Waals surface area contributed by atoms with Crippen LogP contribution < -0.4 is 4.90 Å². The van der Waals surface area contributed by atoms with Gasteiger partial charge in [0.05, 0.1) is 25.5 Å². The molecule has 4 rings (SSSR count). The van der Waals surface area contributed by atoms with Crippen molar-refractivity contribution in [1.29, 1.82) is 0 Å². The van der Waals surface area contributed by atoms with Crippen molar-refractivity contribution in [3.05, 3.63) is 59.5 Å². The molecule has 134 valence electrons. The third kappa shape index (κ3) is 3.15. The summed E-state index contributed by atoms with van der Waals surface area (Å²) < 4.78 is 7.23. The lowest BCUT2D eigenvalue weighted by molar-refractivity contribution is 0.0686. The van der Waals surface area contributed by atoms with Gasteiger partial charge in [0.25, 0.3) is 0 Å². The van der Waals surface area contributed by atoms with E-state index in [1.807, 2.05) is 41.8 Å². The molecule has 0 saturated carbocycles. The van der Waals surface area contributed by atoms with Crippen LogP contribution in [0, 0.1) is 6.92 Å². The molecule has 0 amide bonds. The number of nitrogens with zero attached hydrogens (tertiary/aromatic N) is 3. The van der Waals surface area contributed by atoms with E-state index in [9.17, 15) is 9.90 Å². The fourth-order valence-electron chi connectivity index (χ4n) is 3.47. The Morgan fingerprint density at radius 2 is 2.00 bits per heavy atom. The van der Waals surface area contributed by atoms with Crippen LogP contribution in [0.5, 0.6) is 0 Å². The summed E-state index contributed by atoms with van der Waals surface area (Å²) in [6.45, 7) is 5.59. The summed E-state index contributed by atoms with van der Waals surface area (Å²) in [5.74, 6) is -0.928. The highest BCUT2D eigenvalue weighted by Crippen LogP contribution is 2.24. The lowest BCUT2D eigenvalue weighted by Gasteiger charge is -2.29. The molecule has 2 aromatic heterocycles. The number of carbonyl (C=O) groups is 1. The summed E-state index contributed by atoms with van der Waals surface area (Å²) >= 11 is 0. The van der Waals surface area contributed by atoms with Crippen molar-refractivity contribution in [2.24, 2.45) is 0 Å². The van der Waals surface area contributed by atoms with Gasteiger partial charge in [-0.15, -0.1) is 0 Å². The smallest absolute Gasteiger partial charge is 0.352 e. The van der Waals surface area contributed by atoms with Crippen molar-refractivity contribution in [3.63, 3.8) is 0 Å². The lowest BCUT2D eigenvalue weighted by Crippen LogP contribution is -2.36. The molecule has 6 heteroatoms. The van der Waals surface area contributed by atoms with Crippen molar-refractivity contribution in [3.8, 4) is 0 Å². The van der Waals surface area contributed by atoms with Gasteiger partial charge >= 0.3 is 5.97 Å². The summed E-state index contributed by atoms with van der Waals surface area (Å²) in [7, 11) is 0. The van der Waals surface area contributed by atoms with Crippen LogP contribution in [-0.4, -0.2) is 46.9 Å². The number of rotatable bonds is 4. The second-order valence-electron chi connectivity index (χ2n) is 6.59. The minimum Gasteiger partial charge on any atom is -0.477 e. The minimum absolute atomic E-state index is 0.282. The Balaban J connectivity index is 1.70. The van der Waals surface area contributed by atoms with Gasteiger partial charge in [-0.3, -0.25) is 4.98 Å². The quantitative estimate of drug-likeness (QED) is 0.783. The van der Waals surface area contributed by atoms with E-state index in [2.05, 4.69) is 9.88 Å². The Hall–Kier alpha value is -2.86. The molecule has 1 fully saturated rings. The van der Waals surface area contributed by atoms with Gasteiger partial charge in [-0.25, -0.2) is 4.79 Å². The van der Waals surface area contributed by atoms with Crippen molar-refractivity contribution in [1.82, 2.24) is 9.55 Å². The van der Waals surface area contributed by atoms with E-state index in [0.717, 1.165) is 54.2 Å². The maximum absolute atomic E-state index is 11.7. The predicted molar refractivity (Wildman–Crippen MR) is 100 cm³/mol. The number of anilines is 1. The molecule has 3 heterocycles. The van der Waals surface area contributed by atoms with Gasteiger partial charge in [0, 0.05) is 35.9 Å². The van der Waals surface area contributed by atoms with Gasteiger partial charge < -0.3 is 19.3 Å². The molecule has 0 bridgehead atoms. The number of morpholine rings is 1. The fraction of sp³-hybridized carbons (Fsp3) is 0.300. The molecule has 0 aliphatic carbocycles. The van der Waals surface area contributed by atoms with E-state index >= 15 is 0 Å². The molecule has 26 heavy (non-hydrogen) atoms. The first-order chi connectivity index (χ1) is 12.6. The Bertz CT molecular complexity index is 958. The highest BCUT2D eigenvalue weighted by atomic mass is 16.5. The van der Waals surface area contributed by atoms with E-state index < -0.39 is 5.97 Å². The number of carboxylic acids is 1. The maximum atomic E-state index is 11.7. The van der Waals surface area contributed by atoms with E-state index in [4.69, 9.17) is 4.74 Å². The number of aromatic carboxylic acids is 1. The van der Waals surface area contributed by atoms with Gasteiger partial charge in [-0.1, -0.05) is 11.6 Å². The first-order valence-corrected chi connectivity index (χ1v) is 8.72. The first kappa shape index (κ1) is 16.6. The third-order valence-corrected chi connectivity index (χ3v) is 4.77. The molecule has 0 atom stereocenters. The van der Waals surface area contributed by atoms with Crippen molar-refractivity contribution >= 4 is 22.6 Å². The Morgan fingerprint density at radius 1 is 1.19 bits per heavy atom. The Kier molecular flexibility index (Phi) is 4.34. The second-order valence-corrected chi connectivity index (χ2v) is 6.59. The van der Waals surface area contributed by atoms with Gasteiger partial charge in [0.1, 0.15) is 5.69 Å². The number of aromatic nitrogens is 2. The molecule has 3 aromatic rings. The zero-order valence-corrected chi connectivity index (χ0v) is 14.7. The molecule has 6 nitrogen and oxygen atoms in total. The molecular weight excluding hydrogens is 330 g/mol. The summed E-state index contributed by atoms with van der Waals surface area (Å²) in [6, 6.07) is 11.7. The number of pyridine rings is 1. The standard InChI is InChI=1S/C20H21N3O3/c1-14-2-3-18-15(10-14)11-19(20(24)25)23(18)13-16-12-17(4-5-21-16)22-6-8-26-9-7-22/h2-5,10-12H,6-9,13H2,1H3,(H,24,25). The van der Waals surface area contributed by atoms with E-state index in [-0.39, 0.29) is 5.69 Å². The molecular formula is C20H21N3O3. The molecule has 0 radical (unpaired) electrons. The van der Waals surface area contributed by atoms with Crippen molar-refractivity contribution in [2.75, 3.05) is 31.2 Å². The van der Waals surface area contributed by atoms with Crippen molar-refractivity contribution < 1.29 is 14.6 Å². The van der Waals surface area contributed by atoms with E-state index in [1.165, 1.54) is 0 Å². The zero-order chi connectivity index (χ0) is 18.1. The molecule has 1 aromatic carbocycles. The number of hydrogen-bond donors (Lipinski definition) is 1. The minimum atomic E-state index is -0.928. The monoisotopic (exact) mass is 351 g/mol.